The highest BCUT2D eigenvalue weighted by molar-refractivity contribution is 6.32. The third-order valence-corrected chi connectivity index (χ3v) is 1.81. The van der Waals surface area contributed by atoms with Crippen molar-refractivity contribution >= 4 is 17.3 Å². The Kier molecular flexibility index (Phi) is 3.73. The summed E-state index contributed by atoms with van der Waals surface area (Å²) in [6, 6.07) is 0.878. The molecule has 0 amide bonds. The second kappa shape index (κ2) is 4.72. The molecule has 0 aliphatic rings. The zero-order valence-corrected chi connectivity index (χ0v) is 8.62. The molecule has 1 N–H and O–H groups in total. The molecule has 1 aromatic rings. The lowest BCUT2D eigenvalue weighted by Crippen LogP contribution is -2.19. The standard InChI is InChI=1S/C7H4ClF3N2O4/c8-4-1-3(2-14)12-6(5(4)13(15)16)17-7(9,10)11/h1,14H,2H2. The molecule has 0 spiro atoms. The van der Waals surface area contributed by atoms with E-state index in [-0.39, 0.29) is 5.69 Å². The number of aromatic nitrogens is 1. The van der Waals surface area contributed by atoms with Crippen LogP contribution in [0.25, 0.3) is 0 Å². The smallest absolute Gasteiger partial charge is 0.390 e. The van der Waals surface area contributed by atoms with Crippen LogP contribution in [0.1, 0.15) is 5.69 Å². The fraction of sp³-hybridized carbons (Fsp3) is 0.286. The lowest BCUT2D eigenvalue weighted by molar-refractivity contribution is -0.389. The molecule has 0 aliphatic carbocycles. The van der Waals surface area contributed by atoms with Crippen molar-refractivity contribution in [2.24, 2.45) is 0 Å². The lowest BCUT2D eigenvalue weighted by atomic mass is 10.3. The fourth-order valence-electron chi connectivity index (χ4n) is 0.960. The molecule has 0 aromatic carbocycles. The van der Waals surface area contributed by atoms with Crippen molar-refractivity contribution in [3.8, 4) is 5.88 Å². The summed E-state index contributed by atoms with van der Waals surface area (Å²) in [5.41, 5.74) is -1.39. The highest BCUT2D eigenvalue weighted by Crippen LogP contribution is 2.36. The number of nitrogens with zero attached hydrogens (tertiary/aromatic N) is 2. The zero-order chi connectivity index (χ0) is 13.2. The molecule has 0 fully saturated rings. The van der Waals surface area contributed by atoms with E-state index in [1.165, 1.54) is 0 Å². The van der Waals surface area contributed by atoms with Gasteiger partial charge in [-0.3, -0.25) is 10.1 Å². The molecule has 94 valence electrons. The minimum atomic E-state index is -5.14. The van der Waals surface area contributed by atoms with Crippen LogP contribution in [0.2, 0.25) is 5.02 Å². The van der Waals surface area contributed by atoms with Crippen LogP contribution in [0.5, 0.6) is 5.88 Å². The van der Waals surface area contributed by atoms with E-state index < -0.39 is 34.5 Å². The summed E-state index contributed by atoms with van der Waals surface area (Å²) in [6.45, 7) is -0.730. The molecule has 1 rings (SSSR count). The first-order valence-corrected chi connectivity index (χ1v) is 4.33. The topological polar surface area (TPSA) is 85.5 Å². The maximum absolute atomic E-state index is 12.0. The second-order valence-electron chi connectivity index (χ2n) is 2.71. The average molecular weight is 273 g/mol. The number of ether oxygens (including phenoxy) is 1. The quantitative estimate of drug-likeness (QED) is 0.672. The normalized spacial score (nSPS) is 11.4. The third-order valence-electron chi connectivity index (χ3n) is 1.52. The molecule has 0 atom stereocenters. The summed E-state index contributed by atoms with van der Waals surface area (Å²) in [6.07, 6.45) is -5.14. The van der Waals surface area contributed by atoms with Gasteiger partial charge in [0.25, 0.3) is 0 Å². The van der Waals surface area contributed by atoms with Crippen molar-refractivity contribution in [3.05, 3.63) is 26.9 Å². The van der Waals surface area contributed by atoms with E-state index in [0.29, 0.717) is 0 Å². The molecule has 0 saturated carbocycles. The Balaban J connectivity index is 3.32. The summed E-state index contributed by atoms with van der Waals surface area (Å²) in [5, 5.41) is 18.6. The molecule has 17 heavy (non-hydrogen) atoms. The van der Waals surface area contributed by atoms with E-state index in [4.69, 9.17) is 16.7 Å². The van der Waals surface area contributed by atoms with E-state index >= 15 is 0 Å². The number of aliphatic hydroxyl groups is 1. The van der Waals surface area contributed by atoms with Crippen molar-refractivity contribution in [2.45, 2.75) is 13.0 Å². The van der Waals surface area contributed by atoms with Gasteiger partial charge in [-0.05, 0) is 6.07 Å². The van der Waals surface area contributed by atoms with E-state index in [0.717, 1.165) is 6.07 Å². The summed E-state index contributed by atoms with van der Waals surface area (Å²) in [4.78, 5) is 12.5. The van der Waals surface area contributed by atoms with Gasteiger partial charge in [0.2, 0.25) is 0 Å². The minimum Gasteiger partial charge on any atom is -0.390 e. The summed E-state index contributed by atoms with van der Waals surface area (Å²) in [5.74, 6) is -1.31. The lowest BCUT2D eigenvalue weighted by Gasteiger charge is -2.09. The van der Waals surface area contributed by atoms with Gasteiger partial charge in [-0.2, -0.15) is 0 Å². The Morgan fingerprint density at radius 3 is 2.59 bits per heavy atom. The first kappa shape index (κ1) is 13.5. The van der Waals surface area contributed by atoms with Gasteiger partial charge < -0.3 is 9.84 Å². The van der Waals surface area contributed by atoms with Gasteiger partial charge in [0.15, 0.2) is 0 Å². The predicted molar refractivity (Wildman–Crippen MR) is 48.5 cm³/mol. The van der Waals surface area contributed by atoms with Crippen LogP contribution in [-0.2, 0) is 6.61 Å². The van der Waals surface area contributed by atoms with Crippen LogP contribution in [0.3, 0.4) is 0 Å². The number of halogens is 4. The van der Waals surface area contributed by atoms with Crippen LogP contribution >= 0.6 is 11.6 Å². The molecular formula is C7H4ClF3N2O4. The number of rotatable bonds is 3. The molecule has 1 aromatic heterocycles. The maximum Gasteiger partial charge on any atom is 0.574 e. The van der Waals surface area contributed by atoms with Crippen molar-refractivity contribution in [3.63, 3.8) is 0 Å². The first-order chi connectivity index (χ1) is 7.74. The molecule has 6 nitrogen and oxygen atoms in total. The van der Waals surface area contributed by atoms with Gasteiger partial charge in [0, 0.05) is 0 Å². The Morgan fingerprint density at radius 2 is 2.18 bits per heavy atom. The molecule has 1 heterocycles. The number of alkyl halides is 3. The van der Waals surface area contributed by atoms with Gasteiger partial charge >= 0.3 is 17.9 Å². The van der Waals surface area contributed by atoms with Gasteiger partial charge in [-0.1, -0.05) is 11.6 Å². The monoisotopic (exact) mass is 272 g/mol. The second-order valence-corrected chi connectivity index (χ2v) is 3.12. The van der Waals surface area contributed by atoms with Crippen molar-refractivity contribution in [2.75, 3.05) is 0 Å². The maximum atomic E-state index is 12.0. The summed E-state index contributed by atoms with van der Waals surface area (Å²) < 4.78 is 39.3. The Hall–Kier alpha value is -1.61. The highest BCUT2D eigenvalue weighted by Gasteiger charge is 2.36. The molecule has 0 unspecified atom stereocenters. The van der Waals surface area contributed by atoms with Crippen molar-refractivity contribution in [1.82, 2.24) is 4.98 Å². The summed E-state index contributed by atoms with van der Waals surface area (Å²) in [7, 11) is 0. The average Bonchev–Trinajstić information content (AvgIpc) is 2.13. The van der Waals surface area contributed by atoms with E-state index in [1.54, 1.807) is 0 Å². The van der Waals surface area contributed by atoms with Gasteiger partial charge in [-0.25, -0.2) is 4.98 Å². The summed E-state index contributed by atoms with van der Waals surface area (Å²) >= 11 is 5.40. The number of nitro groups is 1. The number of aliphatic hydroxyl groups excluding tert-OH is 1. The zero-order valence-electron chi connectivity index (χ0n) is 7.86. The Morgan fingerprint density at radius 1 is 1.59 bits per heavy atom. The SMILES string of the molecule is O=[N+]([O-])c1c(Cl)cc(CO)nc1OC(F)(F)F. The molecule has 0 aliphatic heterocycles. The fourth-order valence-corrected chi connectivity index (χ4v) is 1.24. The number of hydrogen-bond acceptors (Lipinski definition) is 5. The Bertz CT molecular complexity index is 451. The van der Waals surface area contributed by atoms with Gasteiger partial charge in [0.1, 0.15) is 5.02 Å². The van der Waals surface area contributed by atoms with E-state index in [9.17, 15) is 23.3 Å². The molecule has 0 radical (unpaired) electrons. The minimum absolute atomic E-state index is 0.278. The Labute approximate surface area is 96.7 Å². The van der Waals surface area contributed by atoms with Crippen LogP contribution < -0.4 is 4.74 Å². The number of pyridine rings is 1. The van der Waals surface area contributed by atoms with Crippen molar-refractivity contribution < 1.29 is 27.9 Å². The largest absolute Gasteiger partial charge is 0.574 e. The van der Waals surface area contributed by atoms with E-state index in [2.05, 4.69) is 9.72 Å². The van der Waals surface area contributed by atoms with Gasteiger partial charge in [-0.15, -0.1) is 13.2 Å². The predicted octanol–water partition coefficient (Wildman–Crippen LogP) is 2.03. The van der Waals surface area contributed by atoms with Crippen LogP contribution in [0.4, 0.5) is 18.9 Å². The van der Waals surface area contributed by atoms with Crippen LogP contribution in [0, 0.1) is 10.1 Å². The van der Waals surface area contributed by atoms with Gasteiger partial charge in [0.05, 0.1) is 17.2 Å². The first-order valence-electron chi connectivity index (χ1n) is 3.95. The third kappa shape index (κ3) is 3.43. The molecular weight excluding hydrogens is 269 g/mol. The van der Waals surface area contributed by atoms with E-state index in [1.807, 2.05) is 0 Å². The number of hydrogen-bond donors (Lipinski definition) is 1. The van der Waals surface area contributed by atoms with Crippen LogP contribution in [-0.4, -0.2) is 21.4 Å². The van der Waals surface area contributed by atoms with Crippen molar-refractivity contribution in [1.29, 1.82) is 0 Å². The highest BCUT2D eigenvalue weighted by atomic mass is 35.5. The molecule has 0 bridgehead atoms. The molecule has 10 heteroatoms. The van der Waals surface area contributed by atoms with Crippen LogP contribution in [0.15, 0.2) is 6.07 Å². The molecule has 0 saturated heterocycles.